The Balaban J connectivity index is 2.42. The molecule has 0 spiro atoms. The van der Waals surface area contributed by atoms with E-state index in [4.69, 9.17) is 5.73 Å². The number of aromatic nitrogens is 2. The summed E-state index contributed by atoms with van der Waals surface area (Å²) in [4.78, 5) is 8.93. The molecule has 2 aromatic rings. The molecule has 0 unspecified atom stereocenters. The van der Waals surface area contributed by atoms with E-state index in [1.54, 1.807) is 24.4 Å². The fourth-order valence-corrected chi connectivity index (χ4v) is 2.18. The van der Waals surface area contributed by atoms with Gasteiger partial charge in [-0.1, -0.05) is 32.9 Å². The highest BCUT2D eigenvalue weighted by molar-refractivity contribution is 5.59. The zero-order valence-electron chi connectivity index (χ0n) is 13.4. The van der Waals surface area contributed by atoms with Crippen molar-refractivity contribution in [2.24, 2.45) is 5.73 Å². The summed E-state index contributed by atoms with van der Waals surface area (Å²) >= 11 is 0. The maximum Gasteiger partial charge on any atom is 0.162 e. The third kappa shape index (κ3) is 3.80. The Hall–Kier alpha value is -2.01. The van der Waals surface area contributed by atoms with Crippen LogP contribution >= 0.6 is 0 Å². The SMILES string of the molecule is CC(C)(C)c1nc(-c2ccccc2F)ncc1NCCCN. The van der Waals surface area contributed by atoms with Crippen LogP contribution in [-0.4, -0.2) is 23.1 Å². The van der Waals surface area contributed by atoms with Crippen molar-refractivity contribution >= 4 is 5.69 Å². The number of nitrogens with one attached hydrogen (secondary N) is 1. The number of halogens is 1. The largest absolute Gasteiger partial charge is 0.382 e. The summed E-state index contributed by atoms with van der Waals surface area (Å²) in [6.07, 6.45) is 2.60. The van der Waals surface area contributed by atoms with Gasteiger partial charge in [0.2, 0.25) is 0 Å². The molecule has 3 N–H and O–H groups in total. The highest BCUT2D eigenvalue weighted by Crippen LogP contribution is 2.29. The lowest BCUT2D eigenvalue weighted by molar-refractivity contribution is 0.568. The minimum Gasteiger partial charge on any atom is -0.382 e. The predicted molar refractivity (Wildman–Crippen MR) is 88.3 cm³/mol. The van der Waals surface area contributed by atoms with Crippen molar-refractivity contribution in [3.05, 3.63) is 42.0 Å². The van der Waals surface area contributed by atoms with Crippen molar-refractivity contribution < 1.29 is 4.39 Å². The molecule has 4 nitrogen and oxygen atoms in total. The van der Waals surface area contributed by atoms with E-state index in [1.807, 2.05) is 0 Å². The molecule has 0 saturated carbocycles. The molecular weight excluding hydrogens is 279 g/mol. The quantitative estimate of drug-likeness (QED) is 0.831. The van der Waals surface area contributed by atoms with Gasteiger partial charge in [0.25, 0.3) is 0 Å². The molecule has 22 heavy (non-hydrogen) atoms. The molecule has 0 saturated heterocycles. The molecule has 0 aliphatic carbocycles. The van der Waals surface area contributed by atoms with Crippen LogP contribution in [-0.2, 0) is 5.41 Å². The van der Waals surface area contributed by atoms with Gasteiger partial charge in [-0.25, -0.2) is 14.4 Å². The predicted octanol–water partition coefficient (Wildman–Crippen LogP) is 3.34. The first kappa shape index (κ1) is 16.4. The molecule has 0 radical (unpaired) electrons. The highest BCUT2D eigenvalue weighted by Gasteiger charge is 2.22. The average molecular weight is 302 g/mol. The maximum absolute atomic E-state index is 13.9. The standard InChI is InChI=1S/C17H23FN4/c1-17(2,3)15-14(20-10-6-9-19)11-21-16(22-15)12-7-4-5-8-13(12)18/h4-5,7-8,11,20H,6,9-10,19H2,1-3H3. The van der Waals surface area contributed by atoms with Crippen molar-refractivity contribution in [1.82, 2.24) is 9.97 Å². The summed E-state index contributed by atoms with van der Waals surface area (Å²) < 4.78 is 13.9. The topological polar surface area (TPSA) is 63.8 Å². The second-order valence-electron chi connectivity index (χ2n) is 6.25. The third-order valence-corrected chi connectivity index (χ3v) is 3.31. The van der Waals surface area contributed by atoms with Crippen molar-refractivity contribution in [2.75, 3.05) is 18.4 Å². The molecule has 5 heteroatoms. The zero-order valence-corrected chi connectivity index (χ0v) is 13.4. The van der Waals surface area contributed by atoms with Gasteiger partial charge in [0.15, 0.2) is 5.82 Å². The molecule has 1 heterocycles. The van der Waals surface area contributed by atoms with E-state index in [0.717, 1.165) is 24.3 Å². The molecule has 0 aliphatic rings. The van der Waals surface area contributed by atoms with Crippen LogP contribution in [0.4, 0.5) is 10.1 Å². The highest BCUT2D eigenvalue weighted by atomic mass is 19.1. The van der Waals surface area contributed by atoms with E-state index in [1.165, 1.54) is 6.07 Å². The summed E-state index contributed by atoms with van der Waals surface area (Å²) in [6, 6.07) is 6.56. The number of anilines is 1. The van der Waals surface area contributed by atoms with Gasteiger partial charge in [0.1, 0.15) is 5.82 Å². The van der Waals surface area contributed by atoms with Crippen LogP contribution in [0.1, 0.15) is 32.9 Å². The van der Waals surface area contributed by atoms with E-state index < -0.39 is 0 Å². The summed E-state index contributed by atoms with van der Waals surface area (Å²) in [7, 11) is 0. The first-order chi connectivity index (χ1) is 10.4. The lowest BCUT2D eigenvalue weighted by Gasteiger charge is -2.22. The van der Waals surface area contributed by atoms with Crippen LogP contribution in [0.2, 0.25) is 0 Å². The average Bonchev–Trinajstić information content (AvgIpc) is 2.47. The normalized spacial score (nSPS) is 11.5. The molecule has 1 aromatic heterocycles. The first-order valence-corrected chi connectivity index (χ1v) is 7.50. The van der Waals surface area contributed by atoms with Gasteiger partial charge < -0.3 is 11.1 Å². The number of nitrogens with two attached hydrogens (primary N) is 1. The third-order valence-electron chi connectivity index (χ3n) is 3.31. The smallest absolute Gasteiger partial charge is 0.162 e. The summed E-state index contributed by atoms with van der Waals surface area (Å²) in [5, 5.41) is 3.32. The Morgan fingerprint density at radius 2 is 1.95 bits per heavy atom. The van der Waals surface area contributed by atoms with E-state index in [2.05, 4.69) is 36.1 Å². The molecule has 118 valence electrons. The zero-order chi connectivity index (χ0) is 16.2. The van der Waals surface area contributed by atoms with E-state index in [-0.39, 0.29) is 11.2 Å². The van der Waals surface area contributed by atoms with Gasteiger partial charge >= 0.3 is 0 Å². The van der Waals surface area contributed by atoms with Crippen LogP contribution in [0.15, 0.2) is 30.5 Å². The van der Waals surface area contributed by atoms with Crippen molar-refractivity contribution in [2.45, 2.75) is 32.6 Å². The van der Waals surface area contributed by atoms with Crippen LogP contribution in [0.25, 0.3) is 11.4 Å². The van der Waals surface area contributed by atoms with E-state index >= 15 is 0 Å². The van der Waals surface area contributed by atoms with Gasteiger partial charge in [0, 0.05) is 12.0 Å². The molecule has 1 aromatic carbocycles. The fraction of sp³-hybridized carbons (Fsp3) is 0.412. The molecule has 0 bridgehead atoms. The maximum atomic E-state index is 13.9. The molecule has 2 rings (SSSR count). The number of benzene rings is 1. The molecular formula is C17H23FN4. The van der Waals surface area contributed by atoms with Crippen molar-refractivity contribution in [3.63, 3.8) is 0 Å². The Bertz CT molecular complexity index is 635. The summed E-state index contributed by atoms with van der Waals surface area (Å²) in [6.45, 7) is 7.63. The second-order valence-corrected chi connectivity index (χ2v) is 6.25. The van der Waals surface area contributed by atoms with E-state index in [0.29, 0.717) is 17.9 Å². The number of hydrogen-bond acceptors (Lipinski definition) is 4. The van der Waals surface area contributed by atoms with Crippen LogP contribution in [0, 0.1) is 5.82 Å². The summed E-state index contributed by atoms with van der Waals surface area (Å²) in [5.41, 5.74) is 7.51. The van der Waals surface area contributed by atoms with Gasteiger partial charge in [-0.05, 0) is 25.1 Å². The van der Waals surface area contributed by atoms with Crippen molar-refractivity contribution in [1.29, 1.82) is 0 Å². The van der Waals surface area contributed by atoms with E-state index in [9.17, 15) is 4.39 Å². The Kier molecular flexibility index (Phi) is 5.08. The monoisotopic (exact) mass is 302 g/mol. The minimum absolute atomic E-state index is 0.173. The lowest BCUT2D eigenvalue weighted by Crippen LogP contribution is -2.19. The van der Waals surface area contributed by atoms with Crippen LogP contribution in [0.3, 0.4) is 0 Å². The Morgan fingerprint density at radius 3 is 2.59 bits per heavy atom. The molecule has 0 aliphatic heterocycles. The fourth-order valence-electron chi connectivity index (χ4n) is 2.18. The minimum atomic E-state index is -0.314. The van der Waals surface area contributed by atoms with Gasteiger partial charge in [-0.3, -0.25) is 0 Å². The Labute approximate surface area is 131 Å². The Morgan fingerprint density at radius 1 is 1.23 bits per heavy atom. The van der Waals surface area contributed by atoms with Gasteiger partial charge in [-0.2, -0.15) is 0 Å². The second kappa shape index (κ2) is 6.83. The molecule has 0 fully saturated rings. The van der Waals surface area contributed by atoms with Crippen molar-refractivity contribution in [3.8, 4) is 11.4 Å². The number of rotatable bonds is 5. The number of nitrogens with zero attached hydrogens (tertiary/aromatic N) is 2. The number of hydrogen-bond donors (Lipinski definition) is 2. The molecule has 0 amide bonds. The first-order valence-electron chi connectivity index (χ1n) is 7.50. The van der Waals surface area contributed by atoms with Gasteiger partial charge in [0.05, 0.1) is 23.1 Å². The molecule has 0 atom stereocenters. The lowest BCUT2D eigenvalue weighted by atomic mass is 9.90. The van der Waals surface area contributed by atoms with Crippen LogP contribution < -0.4 is 11.1 Å². The summed E-state index contributed by atoms with van der Waals surface area (Å²) in [5.74, 6) is 0.0959. The van der Waals surface area contributed by atoms with Gasteiger partial charge in [-0.15, -0.1) is 0 Å². The van der Waals surface area contributed by atoms with Crippen LogP contribution in [0.5, 0.6) is 0 Å².